The normalized spacial score (nSPS) is 8.67. The highest BCUT2D eigenvalue weighted by Gasteiger charge is 2.06. The zero-order chi connectivity index (χ0) is 9.14. The predicted molar refractivity (Wildman–Crippen MR) is 49.0 cm³/mol. The van der Waals surface area contributed by atoms with E-state index in [0.717, 1.165) is 0 Å². The van der Waals surface area contributed by atoms with Crippen LogP contribution < -0.4 is 0 Å². The highest BCUT2D eigenvalue weighted by Crippen LogP contribution is 2.36. The number of rotatable bonds is 0. The molecule has 0 aliphatic heterocycles. The molecule has 0 aromatic heterocycles. The second kappa shape index (κ2) is 3.45. The third kappa shape index (κ3) is 1.51. The van der Waals surface area contributed by atoms with Gasteiger partial charge in [-0.3, -0.25) is 9.69 Å². The van der Waals surface area contributed by atoms with E-state index in [0.29, 0.717) is 10.0 Å². The van der Waals surface area contributed by atoms with Gasteiger partial charge < -0.3 is 0 Å². The van der Waals surface area contributed by atoms with Crippen LogP contribution in [-0.2, 0) is 0 Å². The van der Waals surface area contributed by atoms with Gasteiger partial charge >= 0.3 is 0 Å². The maximum absolute atomic E-state index is 6.73. The Hall–Kier alpha value is -1.22. The van der Waals surface area contributed by atoms with Crippen LogP contribution in [0.15, 0.2) is 12.1 Å². The van der Waals surface area contributed by atoms with E-state index in [4.69, 9.17) is 36.3 Å². The Labute approximate surface area is 80.0 Å². The van der Waals surface area contributed by atoms with Crippen LogP contribution in [0.25, 0.3) is 9.69 Å². The van der Waals surface area contributed by atoms with E-state index in [1.165, 1.54) is 12.1 Å². The first-order valence-electron chi connectivity index (χ1n) is 2.93. The van der Waals surface area contributed by atoms with Crippen molar-refractivity contribution in [2.24, 2.45) is 0 Å². The van der Waals surface area contributed by atoms with Crippen LogP contribution in [0.3, 0.4) is 0 Å². The van der Waals surface area contributed by atoms with Gasteiger partial charge in [0.05, 0.1) is 13.1 Å². The quantitative estimate of drug-likeness (QED) is 0.553. The van der Waals surface area contributed by atoms with Crippen molar-refractivity contribution in [3.05, 3.63) is 45.0 Å². The molecule has 0 spiro atoms. The molecule has 0 saturated heterocycles. The SMILES string of the molecule is [C-]#[N+]c1cc(Cl)c(Cl)cc1[N+]#[C-]. The molecule has 1 aromatic carbocycles. The summed E-state index contributed by atoms with van der Waals surface area (Å²) in [6, 6.07) is 2.79. The molecule has 0 atom stereocenters. The fraction of sp³-hybridized carbons (Fsp3) is 0. The lowest BCUT2D eigenvalue weighted by Crippen LogP contribution is -1.68. The maximum atomic E-state index is 6.73. The summed E-state index contributed by atoms with van der Waals surface area (Å²) in [4.78, 5) is 6.27. The molecule has 4 heteroatoms. The smallest absolute Gasteiger partial charge is 0.196 e. The minimum absolute atomic E-state index is 0.236. The number of nitrogens with zero attached hydrogens (tertiary/aromatic N) is 2. The molecule has 2 nitrogen and oxygen atoms in total. The van der Waals surface area contributed by atoms with Gasteiger partial charge in [0.1, 0.15) is 0 Å². The van der Waals surface area contributed by atoms with E-state index < -0.39 is 0 Å². The van der Waals surface area contributed by atoms with Gasteiger partial charge in [-0.2, -0.15) is 0 Å². The molecule has 1 rings (SSSR count). The van der Waals surface area contributed by atoms with Gasteiger partial charge in [0.15, 0.2) is 11.4 Å². The van der Waals surface area contributed by atoms with Crippen molar-refractivity contribution in [3.63, 3.8) is 0 Å². The monoisotopic (exact) mass is 196 g/mol. The van der Waals surface area contributed by atoms with E-state index in [9.17, 15) is 0 Å². The number of halogens is 2. The van der Waals surface area contributed by atoms with Gasteiger partial charge in [-0.15, -0.1) is 0 Å². The molecular formula is C8H2Cl2N2. The average molecular weight is 197 g/mol. The van der Waals surface area contributed by atoms with Gasteiger partial charge in [-0.25, -0.2) is 0 Å². The van der Waals surface area contributed by atoms with E-state index in [1.54, 1.807) is 0 Å². The lowest BCUT2D eigenvalue weighted by molar-refractivity contribution is 1.71. The van der Waals surface area contributed by atoms with Crippen LogP contribution in [-0.4, -0.2) is 0 Å². The molecule has 0 saturated carbocycles. The summed E-state index contributed by atoms with van der Waals surface area (Å²) in [6.45, 7) is 13.5. The molecule has 0 aliphatic carbocycles. The summed E-state index contributed by atoms with van der Waals surface area (Å²) in [5.74, 6) is 0. The van der Waals surface area contributed by atoms with E-state index >= 15 is 0 Å². The molecule has 1 aromatic rings. The standard InChI is InChI=1S/C8H2Cl2N2/c1-11-7-3-5(9)6(10)4-8(7)12-2/h3-4H. The Morgan fingerprint density at radius 1 is 0.917 bits per heavy atom. The zero-order valence-electron chi connectivity index (χ0n) is 5.81. The summed E-state index contributed by atoms with van der Waals surface area (Å²) in [7, 11) is 0. The second-order valence-corrected chi connectivity index (χ2v) is 2.79. The van der Waals surface area contributed by atoms with Crippen LogP contribution >= 0.6 is 23.2 Å². The second-order valence-electron chi connectivity index (χ2n) is 1.98. The van der Waals surface area contributed by atoms with E-state index in [-0.39, 0.29) is 11.4 Å². The van der Waals surface area contributed by atoms with Gasteiger partial charge in [0, 0.05) is 10.0 Å². The van der Waals surface area contributed by atoms with Crippen molar-refractivity contribution in [1.82, 2.24) is 0 Å². The summed E-state index contributed by atoms with van der Waals surface area (Å²) in [5, 5.41) is 0.602. The fourth-order valence-corrected chi connectivity index (χ4v) is 1.02. The molecule has 12 heavy (non-hydrogen) atoms. The van der Waals surface area contributed by atoms with Crippen LogP contribution in [0, 0.1) is 13.1 Å². The van der Waals surface area contributed by atoms with Gasteiger partial charge in [-0.05, 0) is 12.1 Å². The number of hydrogen-bond acceptors (Lipinski definition) is 0. The maximum Gasteiger partial charge on any atom is 0.196 e. The molecule has 0 amide bonds. The predicted octanol–water partition coefficient (Wildman–Crippen LogP) is 4.09. The first-order chi connectivity index (χ1) is 5.69. The van der Waals surface area contributed by atoms with E-state index in [1.807, 2.05) is 0 Å². The Kier molecular flexibility index (Phi) is 2.55. The molecule has 0 fully saturated rings. The third-order valence-electron chi connectivity index (χ3n) is 1.26. The summed E-state index contributed by atoms with van der Waals surface area (Å²) >= 11 is 11.3. The Morgan fingerprint density at radius 2 is 1.25 bits per heavy atom. The van der Waals surface area contributed by atoms with Gasteiger partial charge in [0.2, 0.25) is 0 Å². The lowest BCUT2D eigenvalue weighted by atomic mass is 10.3. The summed E-state index contributed by atoms with van der Waals surface area (Å²) in [6.07, 6.45) is 0. The van der Waals surface area contributed by atoms with Crippen molar-refractivity contribution in [3.8, 4) is 0 Å². The molecule has 58 valence electrons. The molecule has 0 N–H and O–H groups in total. The van der Waals surface area contributed by atoms with Gasteiger partial charge in [-0.1, -0.05) is 23.2 Å². The van der Waals surface area contributed by atoms with Crippen molar-refractivity contribution in [1.29, 1.82) is 0 Å². The van der Waals surface area contributed by atoms with Crippen LogP contribution in [0.4, 0.5) is 11.4 Å². The molecule has 0 heterocycles. The molecular weight excluding hydrogens is 195 g/mol. The summed E-state index contributed by atoms with van der Waals surface area (Å²) in [5.41, 5.74) is 0.471. The number of hydrogen-bond donors (Lipinski definition) is 0. The van der Waals surface area contributed by atoms with Crippen molar-refractivity contribution >= 4 is 34.6 Å². The Balaban J connectivity index is 3.44. The van der Waals surface area contributed by atoms with Crippen LogP contribution in [0.1, 0.15) is 0 Å². The summed E-state index contributed by atoms with van der Waals surface area (Å²) < 4.78 is 0. The molecule has 0 bridgehead atoms. The van der Waals surface area contributed by atoms with Crippen LogP contribution in [0.5, 0.6) is 0 Å². The van der Waals surface area contributed by atoms with Crippen LogP contribution in [0.2, 0.25) is 10.0 Å². The lowest BCUT2D eigenvalue weighted by Gasteiger charge is -1.97. The Morgan fingerprint density at radius 3 is 1.50 bits per heavy atom. The minimum Gasteiger partial charge on any atom is -0.250 e. The molecule has 0 aliphatic rings. The van der Waals surface area contributed by atoms with E-state index in [2.05, 4.69) is 9.69 Å². The highest BCUT2D eigenvalue weighted by molar-refractivity contribution is 6.42. The molecule has 0 radical (unpaired) electrons. The molecule has 0 unspecified atom stereocenters. The highest BCUT2D eigenvalue weighted by atomic mass is 35.5. The Bertz CT molecular complexity index is 360. The largest absolute Gasteiger partial charge is 0.250 e. The fourth-order valence-electron chi connectivity index (χ4n) is 0.705. The topological polar surface area (TPSA) is 8.72 Å². The van der Waals surface area contributed by atoms with Crippen molar-refractivity contribution < 1.29 is 0 Å². The van der Waals surface area contributed by atoms with Crippen molar-refractivity contribution in [2.75, 3.05) is 0 Å². The third-order valence-corrected chi connectivity index (χ3v) is 1.98. The average Bonchev–Trinajstić information content (AvgIpc) is 2.09. The zero-order valence-corrected chi connectivity index (χ0v) is 7.32. The number of benzene rings is 1. The van der Waals surface area contributed by atoms with Gasteiger partial charge in [0.25, 0.3) is 0 Å². The first-order valence-corrected chi connectivity index (χ1v) is 3.68. The van der Waals surface area contributed by atoms with Crippen molar-refractivity contribution in [2.45, 2.75) is 0 Å². The minimum atomic E-state index is 0.236. The first kappa shape index (κ1) is 8.87.